The molecule has 114 valence electrons. The number of urea groups is 1. The summed E-state index contributed by atoms with van der Waals surface area (Å²) < 4.78 is 0. The van der Waals surface area contributed by atoms with E-state index >= 15 is 0 Å². The van der Waals surface area contributed by atoms with Crippen molar-refractivity contribution in [3.8, 4) is 0 Å². The van der Waals surface area contributed by atoms with Crippen LogP contribution >= 0.6 is 0 Å². The van der Waals surface area contributed by atoms with Gasteiger partial charge in [0, 0.05) is 25.6 Å². The molecule has 1 saturated carbocycles. The zero-order valence-corrected chi connectivity index (χ0v) is 12.5. The van der Waals surface area contributed by atoms with Gasteiger partial charge in [-0.3, -0.25) is 4.79 Å². The maximum atomic E-state index is 12.0. The average Bonchev–Trinajstić information content (AvgIpc) is 3.17. The van der Waals surface area contributed by atoms with Crippen LogP contribution in [0.1, 0.15) is 46.0 Å². The molecule has 1 aliphatic rings. The number of hydrogen-bond donors (Lipinski definition) is 2. The first-order valence-electron chi connectivity index (χ1n) is 7.23. The Bertz CT molecular complexity index is 362. The van der Waals surface area contributed by atoms with Crippen LogP contribution in [0.4, 0.5) is 4.79 Å². The Labute approximate surface area is 121 Å². The molecule has 0 radical (unpaired) electrons. The molecular formula is C15H26N2O3. The van der Waals surface area contributed by atoms with Crippen LogP contribution in [0.15, 0.2) is 12.7 Å². The molecule has 20 heavy (non-hydrogen) atoms. The van der Waals surface area contributed by atoms with Gasteiger partial charge in [0.05, 0.1) is 0 Å². The Balaban J connectivity index is 2.29. The zero-order chi connectivity index (χ0) is 15.2. The van der Waals surface area contributed by atoms with E-state index in [1.807, 2.05) is 18.7 Å². The minimum absolute atomic E-state index is 0.0403. The van der Waals surface area contributed by atoms with Gasteiger partial charge in [-0.25, -0.2) is 4.79 Å². The lowest BCUT2D eigenvalue weighted by Crippen LogP contribution is -2.42. The predicted octanol–water partition coefficient (Wildman–Crippen LogP) is 2.63. The molecule has 0 bridgehead atoms. The summed E-state index contributed by atoms with van der Waals surface area (Å²) in [5.74, 6) is -0.770. The lowest BCUT2D eigenvalue weighted by atomic mass is 9.84. The average molecular weight is 282 g/mol. The number of carbonyl (C=O) groups is 2. The number of carbonyl (C=O) groups excluding carboxylic acids is 1. The quantitative estimate of drug-likeness (QED) is 0.639. The third-order valence-electron chi connectivity index (χ3n) is 3.67. The monoisotopic (exact) mass is 282 g/mol. The predicted molar refractivity (Wildman–Crippen MR) is 78.6 cm³/mol. The summed E-state index contributed by atoms with van der Waals surface area (Å²) in [5, 5.41) is 11.6. The van der Waals surface area contributed by atoms with E-state index < -0.39 is 5.97 Å². The van der Waals surface area contributed by atoms with Gasteiger partial charge in [-0.05, 0) is 31.1 Å². The summed E-state index contributed by atoms with van der Waals surface area (Å²) in [6, 6.07) is 0.328. The molecule has 1 aliphatic carbocycles. The van der Waals surface area contributed by atoms with Gasteiger partial charge in [0.25, 0.3) is 0 Å². The number of rotatable bonds is 9. The molecule has 1 fully saturated rings. The topological polar surface area (TPSA) is 69.6 Å². The summed E-state index contributed by atoms with van der Waals surface area (Å²) in [4.78, 5) is 24.4. The first kappa shape index (κ1) is 16.5. The van der Waals surface area contributed by atoms with E-state index in [9.17, 15) is 9.59 Å². The molecule has 0 aliphatic heterocycles. The third kappa shape index (κ3) is 6.08. The Morgan fingerprint density at radius 3 is 2.55 bits per heavy atom. The van der Waals surface area contributed by atoms with Gasteiger partial charge < -0.3 is 15.3 Å². The highest BCUT2D eigenvalue weighted by Crippen LogP contribution is 2.27. The molecule has 1 rings (SSSR count). The summed E-state index contributed by atoms with van der Waals surface area (Å²) in [7, 11) is 0. The smallest absolute Gasteiger partial charge is 0.317 e. The van der Waals surface area contributed by atoms with E-state index in [4.69, 9.17) is 5.11 Å². The standard InChI is InChI=1S/C15H26N2O3/c1-4-11-17(12-5-6-12)14(20)16-10-9-15(2,3)8-7-13(18)19/h4,12H,1,5-11H2,2-3H3,(H,16,20)(H,18,19). The minimum Gasteiger partial charge on any atom is -0.481 e. The molecule has 0 aromatic heterocycles. The molecule has 2 amide bonds. The zero-order valence-electron chi connectivity index (χ0n) is 12.5. The fourth-order valence-electron chi connectivity index (χ4n) is 2.10. The fourth-order valence-corrected chi connectivity index (χ4v) is 2.10. The van der Waals surface area contributed by atoms with Crippen molar-refractivity contribution in [2.45, 2.75) is 52.0 Å². The van der Waals surface area contributed by atoms with Crippen LogP contribution in [0.3, 0.4) is 0 Å². The van der Waals surface area contributed by atoms with E-state index in [2.05, 4.69) is 11.9 Å². The van der Waals surface area contributed by atoms with Crippen LogP contribution in [0.25, 0.3) is 0 Å². The molecule has 0 aromatic rings. The number of nitrogens with one attached hydrogen (secondary N) is 1. The number of carboxylic acid groups (broad SMARTS) is 1. The largest absolute Gasteiger partial charge is 0.481 e. The van der Waals surface area contributed by atoms with Crippen LogP contribution < -0.4 is 5.32 Å². The number of hydrogen-bond acceptors (Lipinski definition) is 2. The second kappa shape index (κ2) is 7.31. The van der Waals surface area contributed by atoms with Gasteiger partial charge in [0.15, 0.2) is 0 Å². The van der Waals surface area contributed by atoms with Crippen LogP contribution in [-0.2, 0) is 4.79 Å². The van der Waals surface area contributed by atoms with Crippen molar-refractivity contribution in [2.24, 2.45) is 5.41 Å². The second-order valence-electron chi connectivity index (χ2n) is 6.21. The normalized spacial score (nSPS) is 14.7. The number of nitrogens with zero attached hydrogens (tertiary/aromatic N) is 1. The van der Waals surface area contributed by atoms with E-state index in [-0.39, 0.29) is 17.9 Å². The highest BCUT2D eigenvalue weighted by molar-refractivity contribution is 5.75. The number of carboxylic acids is 1. The molecule has 0 saturated heterocycles. The van der Waals surface area contributed by atoms with Gasteiger partial charge >= 0.3 is 12.0 Å². The first-order chi connectivity index (χ1) is 9.35. The maximum absolute atomic E-state index is 12.0. The molecule has 0 spiro atoms. The Morgan fingerprint density at radius 2 is 2.05 bits per heavy atom. The number of aliphatic carboxylic acids is 1. The van der Waals surface area contributed by atoms with Gasteiger partial charge in [-0.15, -0.1) is 6.58 Å². The molecular weight excluding hydrogens is 256 g/mol. The fraction of sp³-hybridized carbons (Fsp3) is 0.733. The highest BCUT2D eigenvalue weighted by atomic mass is 16.4. The van der Waals surface area contributed by atoms with Crippen molar-refractivity contribution in [3.05, 3.63) is 12.7 Å². The summed E-state index contributed by atoms with van der Waals surface area (Å²) in [5.41, 5.74) is -0.0749. The second-order valence-corrected chi connectivity index (χ2v) is 6.21. The summed E-state index contributed by atoms with van der Waals surface area (Å²) in [6.07, 6.45) is 5.47. The number of amides is 2. The SMILES string of the molecule is C=CCN(C(=O)NCCC(C)(C)CCC(=O)O)C1CC1. The lowest BCUT2D eigenvalue weighted by Gasteiger charge is -2.26. The van der Waals surface area contributed by atoms with Gasteiger partial charge in [-0.1, -0.05) is 19.9 Å². The Kier molecular flexibility index (Phi) is 6.05. The van der Waals surface area contributed by atoms with E-state index in [1.165, 1.54) is 0 Å². The van der Waals surface area contributed by atoms with Crippen molar-refractivity contribution in [1.82, 2.24) is 10.2 Å². The summed E-state index contributed by atoms with van der Waals surface area (Å²) in [6.45, 7) is 8.90. The van der Waals surface area contributed by atoms with Gasteiger partial charge in [-0.2, -0.15) is 0 Å². The molecule has 0 aromatic carbocycles. The molecule has 0 atom stereocenters. The lowest BCUT2D eigenvalue weighted by molar-refractivity contribution is -0.137. The van der Waals surface area contributed by atoms with E-state index in [0.29, 0.717) is 25.6 Å². The Hall–Kier alpha value is -1.52. The molecule has 5 heteroatoms. The summed E-state index contributed by atoms with van der Waals surface area (Å²) >= 11 is 0. The van der Waals surface area contributed by atoms with Crippen LogP contribution in [0.5, 0.6) is 0 Å². The van der Waals surface area contributed by atoms with E-state index in [1.54, 1.807) is 6.08 Å². The first-order valence-corrected chi connectivity index (χ1v) is 7.23. The van der Waals surface area contributed by atoms with Crippen molar-refractivity contribution >= 4 is 12.0 Å². The molecule has 0 unspecified atom stereocenters. The van der Waals surface area contributed by atoms with Crippen molar-refractivity contribution < 1.29 is 14.7 Å². The molecule has 5 nitrogen and oxygen atoms in total. The van der Waals surface area contributed by atoms with Crippen LogP contribution in [-0.4, -0.2) is 41.1 Å². The third-order valence-corrected chi connectivity index (χ3v) is 3.67. The van der Waals surface area contributed by atoms with Crippen LogP contribution in [0, 0.1) is 5.41 Å². The minimum atomic E-state index is -0.770. The van der Waals surface area contributed by atoms with Crippen molar-refractivity contribution in [3.63, 3.8) is 0 Å². The van der Waals surface area contributed by atoms with E-state index in [0.717, 1.165) is 19.3 Å². The van der Waals surface area contributed by atoms with Gasteiger partial charge in [0.1, 0.15) is 0 Å². The van der Waals surface area contributed by atoms with Crippen LogP contribution in [0.2, 0.25) is 0 Å². The van der Waals surface area contributed by atoms with Crippen molar-refractivity contribution in [1.29, 1.82) is 0 Å². The van der Waals surface area contributed by atoms with Gasteiger partial charge in [0.2, 0.25) is 0 Å². The molecule has 0 heterocycles. The Morgan fingerprint density at radius 1 is 1.40 bits per heavy atom. The van der Waals surface area contributed by atoms with Crippen molar-refractivity contribution in [2.75, 3.05) is 13.1 Å². The maximum Gasteiger partial charge on any atom is 0.317 e. The molecule has 2 N–H and O–H groups in total. The highest BCUT2D eigenvalue weighted by Gasteiger charge is 2.31.